The maximum Gasteiger partial charge on any atom is 0.0899 e. The van der Waals surface area contributed by atoms with Gasteiger partial charge in [-0.3, -0.25) is 9.80 Å². The third-order valence-corrected chi connectivity index (χ3v) is 3.18. The van der Waals surface area contributed by atoms with Crippen LogP contribution in [0.15, 0.2) is 0 Å². The number of rotatable bonds is 11. The Morgan fingerprint density at radius 3 is 0.920 bits per heavy atom. The summed E-state index contributed by atoms with van der Waals surface area (Å²) in [5, 5.41) is 12.1. The van der Waals surface area contributed by atoms with Crippen LogP contribution in [0.2, 0.25) is 0 Å². The first-order valence-corrected chi connectivity index (χ1v) is 12.8. The van der Waals surface area contributed by atoms with Crippen molar-refractivity contribution in [1.82, 2.24) is 24.9 Å². The summed E-state index contributed by atoms with van der Waals surface area (Å²) in [5.74, 6) is 0. The van der Waals surface area contributed by atoms with Crippen LogP contribution in [-0.2, 0) is 4.74 Å². The molecule has 0 spiro atoms. The largest absolute Gasteiger partial charge is 0.389 e. The zero-order valence-electron chi connectivity index (χ0n) is 25.9. The summed E-state index contributed by atoms with van der Waals surface area (Å²) in [7, 11) is 14.2. The highest BCUT2D eigenvalue weighted by Crippen LogP contribution is 1.87. The van der Waals surface area contributed by atoms with Crippen LogP contribution in [0.25, 0.3) is 0 Å². The van der Waals surface area contributed by atoms with E-state index in [-0.39, 0.29) is 125 Å². The highest BCUT2D eigenvalue weighted by Gasteiger charge is 2.03. The van der Waals surface area contributed by atoms with Gasteiger partial charge in [-0.1, -0.05) is 167 Å². The summed E-state index contributed by atoms with van der Waals surface area (Å²) in [6.07, 6.45) is 0.898. The Kier molecular flexibility index (Phi) is 478. The normalized spacial score (nSPS) is 7.14. The minimum absolute atomic E-state index is 0. The Morgan fingerprint density at radius 1 is 0.540 bits per heavy atom. The molecule has 0 radical (unpaired) electrons. The third kappa shape index (κ3) is 333. The van der Waals surface area contributed by atoms with Crippen molar-refractivity contribution in [2.24, 2.45) is 11.5 Å². The van der Waals surface area contributed by atoms with E-state index >= 15 is 0 Å². The van der Waals surface area contributed by atoms with Gasteiger partial charge in [0.05, 0.1) is 12.7 Å². The summed E-state index contributed by atoms with van der Waals surface area (Å²) in [6.45, 7) is 21.8. The highest BCUT2D eigenvalue weighted by molar-refractivity contribution is 4.56. The van der Waals surface area contributed by atoms with Gasteiger partial charge < -0.3 is 36.4 Å². The highest BCUT2D eigenvalue weighted by atomic mass is 16.5. The van der Waals surface area contributed by atoms with Gasteiger partial charge in [0.2, 0.25) is 0 Å². The van der Waals surface area contributed by atoms with E-state index < -0.39 is 0 Å². The third-order valence-electron chi connectivity index (χ3n) is 3.18. The molecule has 1 atom stereocenters. The minimum Gasteiger partial charge on any atom is -0.389 e. The second kappa shape index (κ2) is 156. The molecule has 0 amide bonds. The van der Waals surface area contributed by atoms with Gasteiger partial charge in [-0.2, -0.15) is 0 Å². The predicted molar refractivity (Wildman–Crippen MR) is 263 cm³/mol. The fraction of sp³-hybridized carbons (Fsp3) is 1.00. The number of likely N-dealkylation sites (N-methyl/N-ethyl adjacent to an activating group) is 1. The molecular weight excluding hydrogens is 622 g/mol. The van der Waals surface area contributed by atoms with Crippen molar-refractivity contribution < 1.29 is 9.84 Å². The van der Waals surface area contributed by atoms with Crippen molar-refractivity contribution in [3.8, 4) is 0 Å². The van der Waals surface area contributed by atoms with Crippen molar-refractivity contribution in [2.75, 3.05) is 109 Å². The lowest BCUT2D eigenvalue weighted by Crippen LogP contribution is -2.29. The Bertz CT molecular complexity index is 288. The average Bonchev–Trinajstić information content (AvgIpc) is 2.74. The fourth-order valence-electron chi connectivity index (χ4n) is 1.46. The van der Waals surface area contributed by atoms with Crippen molar-refractivity contribution >= 4 is 0 Å². The van der Waals surface area contributed by atoms with Gasteiger partial charge >= 0.3 is 0 Å². The van der Waals surface area contributed by atoms with Crippen LogP contribution in [-0.4, -0.2) is 139 Å². The average molecular weight is 757 g/mol. The Balaban J connectivity index is -0.00000000916. The lowest BCUT2D eigenvalue weighted by Gasteiger charge is -2.18. The van der Waals surface area contributed by atoms with Crippen LogP contribution in [0.1, 0.15) is 174 Å². The van der Waals surface area contributed by atoms with Crippen LogP contribution >= 0.6 is 0 Å². The number of aliphatic hydroxyl groups is 1. The molecule has 0 aromatic heterocycles. The van der Waals surface area contributed by atoms with Gasteiger partial charge in [0.1, 0.15) is 0 Å². The molecule has 0 fully saturated rings. The maximum atomic E-state index is 9.18. The molecule has 344 valence electrons. The summed E-state index contributed by atoms with van der Waals surface area (Å²) in [5.41, 5.74) is 9.88. The molecule has 6 N–H and O–H groups in total. The summed E-state index contributed by atoms with van der Waals surface area (Å²) in [4.78, 5) is 8.47. The van der Waals surface area contributed by atoms with E-state index in [1.807, 2.05) is 39.8 Å². The first-order valence-electron chi connectivity index (χ1n) is 12.8. The number of aliphatic hydroxyl groups excluding tert-OH is 1. The number of hydrogen-bond donors (Lipinski definition) is 4. The van der Waals surface area contributed by atoms with Gasteiger partial charge in [-0.25, -0.2) is 0 Å². The van der Waals surface area contributed by atoms with Crippen LogP contribution < -0.4 is 16.8 Å². The fourth-order valence-corrected chi connectivity index (χ4v) is 1.46. The first-order chi connectivity index (χ1) is 15.8. The Hall–Kier alpha value is -0.360. The molecule has 0 bridgehead atoms. The van der Waals surface area contributed by atoms with E-state index in [2.05, 4.69) is 82.9 Å². The molecule has 0 aromatic carbocycles. The summed E-state index contributed by atoms with van der Waals surface area (Å²) in [6, 6.07) is 0. The van der Waals surface area contributed by atoms with E-state index in [0.717, 1.165) is 32.8 Å². The molecule has 1 unspecified atom stereocenters. The monoisotopic (exact) mass is 756 g/mol. The van der Waals surface area contributed by atoms with Crippen LogP contribution in [0.3, 0.4) is 0 Å². The lowest BCUT2D eigenvalue weighted by atomic mass is 10.3. The number of ether oxygens (including phenoxy) is 1. The van der Waals surface area contributed by atoms with Crippen LogP contribution in [0.5, 0.6) is 0 Å². The molecule has 0 aliphatic carbocycles. The maximum absolute atomic E-state index is 9.18. The second-order valence-electron chi connectivity index (χ2n) is 8.29. The molecule has 0 saturated carbocycles. The molecule has 50 heavy (non-hydrogen) atoms. The molecule has 0 aromatic rings. The molecule has 0 rings (SSSR count). The van der Waals surface area contributed by atoms with Gasteiger partial charge in [0.25, 0.3) is 0 Å². The number of nitrogens with two attached hydrogens (primary N) is 2. The quantitative estimate of drug-likeness (QED) is 0.153. The van der Waals surface area contributed by atoms with E-state index in [9.17, 15) is 5.11 Å². The lowest BCUT2D eigenvalue weighted by molar-refractivity contribution is 0.0292. The Labute approximate surface area is 334 Å². The zero-order chi connectivity index (χ0) is 28.4. The molecule has 0 saturated heterocycles. The summed E-state index contributed by atoms with van der Waals surface area (Å²) >= 11 is 0. The topological polar surface area (TPSA) is 106 Å². The van der Waals surface area contributed by atoms with Crippen molar-refractivity contribution in [3.63, 3.8) is 0 Å². The predicted octanol–water partition coefficient (Wildman–Crippen LogP) is 12.0. The molecular formula is C41H133N7O2. The SMILES string of the molecule is C.C.C.C.C.C.C.C.C.C.C.C.C.C.C.C.CCC.CCN.CCN(C)C.CCN(C)CN(C)C.CCNCN.CCOCC(O)CN(C)C. The van der Waals surface area contributed by atoms with Gasteiger partial charge in [0.15, 0.2) is 0 Å². The van der Waals surface area contributed by atoms with E-state index in [1.54, 1.807) is 0 Å². The first kappa shape index (κ1) is 154. The van der Waals surface area contributed by atoms with Crippen molar-refractivity contribution in [1.29, 1.82) is 0 Å². The van der Waals surface area contributed by atoms with Gasteiger partial charge in [-0.05, 0) is 82.4 Å². The van der Waals surface area contributed by atoms with E-state index in [0.29, 0.717) is 26.4 Å². The number of nitrogens with one attached hydrogen (secondary N) is 1. The molecule has 0 aliphatic rings. The van der Waals surface area contributed by atoms with Crippen molar-refractivity contribution in [3.05, 3.63) is 0 Å². The van der Waals surface area contributed by atoms with E-state index in [4.69, 9.17) is 16.2 Å². The minimum atomic E-state index is -0.352. The van der Waals surface area contributed by atoms with Gasteiger partial charge in [0, 0.05) is 26.5 Å². The summed E-state index contributed by atoms with van der Waals surface area (Å²) < 4.78 is 5.02. The molecule has 0 heterocycles. The molecule has 9 nitrogen and oxygen atoms in total. The van der Waals surface area contributed by atoms with Crippen molar-refractivity contribution in [2.45, 2.75) is 180 Å². The van der Waals surface area contributed by atoms with Crippen LogP contribution in [0.4, 0.5) is 0 Å². The zero-order valence-corrected chi connectivity index (χ0v) is 25.9. The Morgan fingerprint density at radius 2 is 0.820 bits per heavy atom. The number of hydrogen-bond acceptors (Lipinski definition) is 9. The van der Waals surface area contributed by atoms with Gasteiger partial charge in [-0.15, -0.1) is 0 Å². The molecule has 0 aliphatic heterocycles. The second-order valence-corrected chi connectivity index (χ2v) is 8.29. The number of nitrogens with zero attached hydrogens (tertiary/aromatic N) is 4. The smallest absolute Gasteiger partial charge is 0.0899 e. The van der Waals surface area contributed by atoms with E-state index in [1.165, 1.54) is 6.42 Å². The molecule has 9 heteroatoms. The standard InChI is InChI=1S/C7H17NO2.C6H16N2.C4H11N.C3H10N2.C3H8.C2H7N.16CH4/c1-4-10-6-7(9)5-8(2)3;1-5-8(4)6-7(2)3;1-4-5(2)3;1-2-5-3-4;1-3-2;1-2-3;;;;;;;;;;;;;;;;/h7,9H,4-6H2,1-3H3;5-6H2,1-4H3;4H2,1-3H3;5H,2-4H2,1H3;3H2,1-2H3;2-3H2,1H3;16*1H4. The van der Waals surface area contributed by atoms with Crippen LogP contribution in [0, 0.1) is 0 Å².